The predicted octanol–water partition coefficient (Wildman–Crippen LogP) is -0.462. The lowest BCUT2D eigenvalue weighted by molar-refractivity contribution is -0.0352. The van der Waals surface area contributed by atoms with Crippen molar-refractivity contribution in [3.05, 3.63) is 12.3 Å². The first kappa shape index (κ1) is 9.82. The molecule has 0 aliphatic carbocycles. The van der Waals surface area contributed by atoms with Crippen molar-refractivity contribution in [3.63, 3.8) is 0 Å². The molecule has 3 N–H and O–H groups in total. The maximum Gasteiger partial charge on any atom is 0.141 e. The number of rotatable bonds is 2. The first-order valence-electron chi connectivity index (χ1n) is 4.41. The number of hydrogen-bond donors (Lipinski definition) is 2. The van der Waals surface area contributed by atoms with Gasteiger partial charge in [0.15, 0.2) is 0 Å². The monoisotopic (exact) mass is 215 g/mol. The van der Waals surface area contributed by atoms with Crippen molar-refractivity contribution in [1.29, 1.82) is 0 Å². The van der Waals surface area contributed by atoms with Crippen LogP contribution in [0.5, 0.6) is 0 Å². The Morgan fingerprint density at radius 3 is 3.21 bits per heavy atom. The molecule has 0 unspecified atom stereocenters. The quantitative estimate of drug-likeness (QED) is 0.652. The third kappa shape index (κ3) is 2.02. The highest BCUT2D eigenvalue weighted by Crippen LogP contribution is 2.27. The van der Waals surface area contributed by atoms with E-state index in [1.807, 2.05) is 11.1 Å². The molecule has 2 rings (SSSR count). The van der Waals surface area contributed by atoms with E-state index in [0.717, 1.165) is 5.75 Å². The number of nitrogens with two attached hydrogens (primary N) is 1. The third-order valence-electron chi connectivity index (χ3n) is 2.11. The van der Waals surface area contributed by atoms with Crippen LogP contribution in [0.25, 0.3) is 0 Å². The highest BCUT2D eigenvalue weighted by atomic mass is 32.2. The van der Waals surface area contributed by atoms with Gasteiger partial charge < -0.3 is 20.5 Å². The molecule has 2 aliphatic heterocycles. The molecule has 0 aromatic carbocycles. The number of aliphatic hydroxyl groups excluding tert-OH is 1. The van der Waals surface area contributed by atoms with E-state index < -0.39 is 0 Å². The van der Waals surface area contributed by atoms with E-state index in [4.69, 9.17) is 15.6 Å². The van der Waals surface area contributed by atoms with Crippen LogP contribution >= 0.6 is 11.8 Å². The normalized spacial score (nSPS) is 32.1. The highest BCUT2D eigenvalue weighted by Gasteiger charge is 2.29. The van der Waals surface area contributed by atoms with Gasteiger partial charge >= 0.3 is 0 Å². The summed E-state index contributed by atoms with van der Waals surface area (Å²) in [7, 11) is 0. The number of aliphatic hydroxyl groups is 1. The summed E-state index contributed by atoms with van der Waals surface area (Å²) in [5.41, 5.74) is 5.40. The lowest BCUT2D eigenvalue weighted by atomic mass is 10.4. The fraction of sp³-hybridized carbons (Fsp3) is 0.625. The average molecular weight is 215 g/mol. The summed E-state index contributed by atoms with van der Waals surface area (Å²) in [4.78, 5) is 6.06. The summed E-state index contributed by atoms with van der Waals surface area (Å²) in [5.74, 6) is 1.40. The molecule has 0 aromatic heterocycles. The molecular weight excluding hydrogens is 202 g/mol. The van der Waals surface area contributed by atoms with Crippen molar-refractivity contribution >= 4 is 17.6 Å². The summed E-state index contributed by atoms with van der Waals surface area (Å²) in [6.45, 7) is 0.593. The lowest BCUT2D eigenvalue weighted by Crippen LogP contribution is -2.36. The number of hydrogen-bond acceptors (Lipinski definition) is 6. The van der Waals surface area contributed by atoms with Gasteiger partial charge in [-0.1, -0.05) is 0 Å². The zero-order valence-electron chi connectivity index (χ0n) is 7.67. The number of ether oxygens (including phenoxy) is 1. The van der Waals surface area contributed by atoms with E-state index in [2.05, 4.69) is 4.99 Å². The number of aliphatic imine (C=N–C) groups is 1. The summed E-state index contributed by atoms with van der Waals surface area (Å²) in [6, 6.07) is 0. The lowest BCUT2D eigenvalue weighted by Gasteiger charge is -2.26. The molecule has 1 fully saturated rings. The van der Waals surface area contributed by atoms with Crippen molar-refractivity contribution < 1.29 is 9.84 Å². The Kier molecular flexibility index (Phi) is 2.95. The van der Waals surface area contributed by atoms with Crippen molar-refractivity contribution in [3.8, 4) is 0 Å². The van der Waals surface area contributed by atoms with E-state index in [0.29, 0.717) is 12.5 Å². The number of thioether (sulfide) groups is 1. The van der Waals surface area contributed by atoms with Gasteiger partial charge in [0.05, 0.1) is 6.61 Å². The second-order valence-electron chi connectivity index (χ2n) is 3.09. The maximum atomic E-state index is 8.89. The second-order valence-corrected chi connectivity index (χ2v) is 4.28. The zero-order chi connectivity index (χ0) is 9.97. The Bertz CT molecular complexity index is 269. The molecule has 2 heterocycles. The second kappa shape index (κ2) is 4.20. The minimum absolute atomic E-state index is 0.00486. The van der Waals surface area contributed by atoms with Crippen LogP contribution in [0.15, 0.2) is 17.3 Å². The Labute approximate surface area is 86.6 Å². The van der Waals surface area contributed by atoms with Crippen LogP contribution in [0, 0.1) is 0 Å². The Morgan fingerprint density at radius 2 is 2.64 bits per heavy atom. The standard InChI is InChI=1S/C8H13N3O2S/c9-6-1-2-11(5-10-6)7-4-14-8(3-12)13-7/h1-2,7-8,12H,3-5H2,(H2,9,10)/t7-,8+/m1/s1. The molecule has 2 atom stereocenters. The van der Waals surface area contributed by atoms with Crippen LogP contribution in [0.2, 0.25) is 0 Å². The summed E-state index contributed by atoms with van der Waals surface area (Å²) in [6.07, 6.45) is 3.64. The predicted molar refractivity (Wildman–Crippen MR) is 55.7 cm³/mol. The molecule has 0 radical (unpaired) electrons. The molecular formula is C8H13N3O2S. The van der Waals surface area contributed by atoms with Crippen LogP contribution in [0.1, 0.15) is 0 Å². The molecule has 0 spiro atoms. The van der Waals surface area contributed by atoms with Crippen LogP contribution in [0.4, 0.5) is 0 Å². The summed E-state index contributed by atoms with van der Waals surface area (Å²) >= 11 is 1.62. The van der Waals surface area contributed by atoms with Crippen molar-refractivity contribution in [1.82, 2.24) is 4.90 Å². The summed E-state index contributed by atoms with van der Waals surface area (Å²) in [5, 5.41) is 8.89. The van der Waals surface area contributed by atoms with Gasteiger partial charge in [-0.3, -0.25) is 0 Å². The van der Waals surface area contributed by atoms with Crippen LogP contribution < -0.4 is 5.73 Å². The van der Waals surface area contributed by atoms with Crippen molar-refractivity contribution in [2.45, 2.75) is 11.7 Å². The Balaban J connectivity index is 1.89. The van der Waals surface area contributed by atoms with Crippen LogP contribution in [0.3, 0.4) is 0 Å². The molecule has 0 aromatic rings. The van der Waals surface area contributed by atoms with Gasteiger partial charge in [-0.2, -0.15) is 0 Å². The SMILES string of the molecule is NC1=NCN([C@H]2CS[C@@H](CO)O2)C=C1. The van der Waals surface area contributed by atoms with Gasteiger partial charge in [-0.15, -0.1) is 11.8 Å². The molecule has 14 heavy (non-hydrogen) atoms. The van der Waals surface area contributed by atoms with Crippen LogP contribution in [-0.4, -0.2) is 46.5 Å². The van der Waals surface area contributed by atoms with Gasteiger partial charge in [0.2, 0.25) is 0 Å². The topological polar surface area (TPSA) is 71.1 Å². The first-order chi connectivity index (χ1) is 6.79. The van der Waals surface area contributed by atoms with Gasteiger partial charge in [-0.25, -0.2) is 4.99 Å². The Hall–Kier alpha value is -0.720. The molecule has 1 saturated heterocycles. The van der Waals surface area contributed by atoms with Gasteiger partial charge in [0.25, 0.3) is 0 Å². The molecule has 78 valence electrons. The molecule has 0 bridgehead atoms. The van der Waals surface area contributed by atoms with Crippen LogP contribution in [-0.2, 0) is 4.74 Å². The van der Waals surface area contributed by atoms with Gasteiger partial charge in [-0.05, 0) is 6.08 Å². The van der Waals surface area contributed by atoms with Gasteiger partial charge in [0, 0.05) is 12.0 Å². The number of nitrogens with zero attached hydrogens (tertiary/aromatic N) is 2. The maximum absolute atomic E-state index is 8.89. The van der Waals surface area contributed by atoms with Crippen molar-refractivity contribution in [2.24, 2.45) is 10.7 Å². The zero-order valence-corrected chi connectivity index (χ0v) is 8.48. The highest BCUT2D eigenvalue weighted by molar-refractivity contribution is 8.00. The first-order valence-corrected chi connectivity index (χ1v) is 5.46. The molecule has 0 amide bonds. The molecule has 6 heteroatoms. The smallest absolute Gasteiger partial charge is 0.141 e. The number of amidine groups is 1. The minimum Gasteiger partial charge on any atom is -0.393 e. The minimum atomic E-state index is -0.100. The molecule has 5 nitrogen and oxygen atoms in total. The Morgan fingerprint density at radius 1 is 1.79 bits per heavy atom. The fourth-order valence-corrected chi connectivity index (χ4v) is 2.30. The van der Waals surface area contributed by atoms with E-state index >= 15 is 0 Å². The average Bonchev–Trinajstić information content (AvgIpc) is 2.67. The van der Waals surface area contributed by atoms with E-state index in [-0.39, 0.29) is 18.3 Å². The van der Waals surface area contributed by atoms with Gasteiger partial charge in [0.1, 0.15) is 24.2 Å². The third-order valence-corrected chi connectivity index (χ3v) is 3.22. The summed E-state index contributed by atoms with van der Waals surface area (Å²) < 4.78 is 5.56. The fourth-order valence-electron chi connectivity index (χ4n) is 1.34. The molecule has 2 aliphatic rings. The largest absolute Gasteiger partial charge is 0.393 e. The van der Waals surface area contributed by atoms with E-state index in [9.17, 15) is 0 Å². The van der Waals surface area contributed by atoms with E-state index in [1.54, 1.807) is 17.8 Å². The van der Waals surface area contributed by atoms with Crippen molar-refractivity contribution in [2.75, 3.05) is 19.0 Å². The van der Waals surface area contributed by atoms with E-state index in [1.165, 1.54) is 0 Å². The molecule has 0 saturated carbocycles.